The molecule has 2 aromatic rings. The molecule has 1 saturated heterocycles. The van der Waals surface area contributed by atoms with Gasteiger partial charge in [-0.3, -0.25) is 14.7 Å². The maximum atomic E-state index is 12.7. The van der Waals surface area contributed by atoms with Crippen molar-refractivity contribution in [1.82, 2.24) is 14.8 Å². The Morgan fingerprint density at radius 3 is 2.69 bits per heavy atom. The average molecular weight is 353 g/mol. The summed E-state index contributed by atoms with van der Waals surface area (Å²) in [6.07, 6.45) is 0.787. The summed E-state index contributed by atoms with van der Waals surface area (Å²) in [7, 11) is 2.11. The van der Waals surface area contributed by atoms with E-state index in [1.807, 2.05) is 49.1 Å². The van der Waals surface area contributed by atoms with Crippen LogP contribution in [0.25, 0.3) is 0 Å². The topological polar surface area (TPSA) is 45.7 Å². The fourth-order valence-corrected chi connectivity index (χ4v) is 3.35. The van der Waals surface area contributed by atoms with Crippen LogP contribution in [0.1, 0.15) is 29.9 Å². The number of benzene rings is 1. The lowest BCUT2D eigenvalue weighted by Gasteiger charge is -2.39. The van der Waals surface area contributed by atoms with Crippen LogP contribution in [0.4, 0.5) is 0 Å². The van der Waals surface area contributed by atoms with Gasteiger partial charge < -0.3 is 9.64 Å². The highest BCUT2D eigenvalue weighted by Crippen LogP contribution is 2.24. The van der Waals surface area contributed by atoms with Crippen molar-refractivity contribution in [2.45, 2.75) is 26.3 Å². The number of piperazine rings is 1. The lowest BCUT2D eigenvalue weighted by atomic mass is 10.0. The molecule has 5 nitrogen and oxygen atoms in total. The number of carbonyl (C=O) groups excluding carboxylic acids is 1. The van der Waals surface area contributed by atoms with E-state index in [4.69, 9.17) is 4.74 Å². The van der Waals surface area contributed by atoms with Crippen molar-refractivity contribution in [3.05, 3.63) is 59.4 Å². The van der Waals surface area contributed by atoms with Gasteiger partial charge in [-0.25, -0.2) is 0 Å². The van der Waals surface area contributed by atoms with Crippen molar-refractivity contribution in [3.63, 3.8) is 0 Å². The van der Waals surface area contributed by atoms with Gasteiger partial charge in [0.15, 0.2) is 6.61 Å². The summed E-state index contributed by atoms with van der Waals surface area (Å²) >= 11 is 0. The van der Waals surface area contributed by atoms with Crippen molar-refractivity contribution >= 4 is 5.91 Å². The number of carbonyl (C=O) groups is 1. The summed E-state index contributed by atoms with van der Waals surface area (Å²) < 4.78 is 5.80. The highest BCUT2D eigenvalue weighted by atomic mass is 16.5. The molecule has 138 valence electrons. The molecular formula is C21H27N3O2. The molecule has 1 aliphatic heterocycles. The van der Waals surface area contributed by atoms with Gasteiger partial charge in [-0.05, 0) is 38.1 Å². The van der Waals surface area contributed by atoms with Crippen molar-refractivity contribution in [2.75, 3.05) is 33.3 Å². The zero-order valence-electron chi connectivity index (χ0n) is 15.8. The predicted octanol–water partition coefficient (Wildman–Crippen LogP) is 2.85. The Morgan fingerprint density at radius 2 is 1.96 bits per heavy atom. The van der Waals surface area contributed by atoms with Gasteiger partial charge in [-0.15, -0.1) is 0 Å². The number of amides is 1. The van der Waals surface area contributed by atoms with Gasteiger partial charge in [0.25, 0.3) is 5.91 Å². The van der Waals surface area contributed by atoms with Gasteiger partial charge in [-0.2, -0.15) is 0 Å². The Morgan fingerprint density at radius 1 is 1.19 bits per heavy atom. The number of aromatic nitrogens is 1. The van der Waals surface area contributed by atoms with E-state index in [0.717, 1.165) is 30.9 Å². The second-order valence-corrected chi connectivity index (χ2v) is 6.79. The summed E-state index contributed by atoms with van der Waals surface area (Å²) in [6, 6.07) is 14.4. The third-order valence-electron chi connectivity index (χ3n) is 4.94. The Bertz CT molecular complexity index is 748. The van der Waals surface area contributed by atoms with E-state index in [-0.39, 0.29) is 18.6 Å². The van der Waals surface area contributed by atoms with E-state index in [1.54, 1.807) is 0 Å². The minimum absolute atomic E-state index is 0.0293. The molecule has 1 atom stereocenters. The molecule has 0 bridgehead atoms. The fraction of sp³-hybridized carbons (Fsp3) is 0.429. The second kappa shape index (κ2) is 8.32. The molecule has 1 amide bonds. The standard InChI is InChI=1S/C21H27N3O2/c1-4-18-20(11-10-16(2)22-18)26-15-21(25)24-13-12-23(3)19(14-24)17-8-6-5-7-9-17/h5-11,19H,4,12-15H2,1-3H3. The Balaban J connectivity index is 1.63. The first-order valence-electron chi connectivity index (χ1n) is 9.20. The summed E-state index contributed by atoms with van der Waals surface area (Å²) in [4.78, 5) is 21.4. The molecule has 0 spiro atoms. The first-order chi connectivity index (χ1) is 12.6. The van der Waals surface area contributed by atoms with Crippen LogP contribution in [0.5, 0.6) is 5.75 Å². The Labute approximate surface area is 155 Å². The summed E-state index contributed by atoms with van der Waals surface area (Å²) in [5.41, 5.74) is 3.10. The van der Waals surface area contributed by atoms with E-state index in [9.17, 15) is 4.79 Å². The molecule has 0 N–H and O–H groups in total. The summed E-state index contributed by atoms with van der Waals surface area (Å²) in [5, 5.41) is 0. The first kappa shape index (κ1) is 18.4. The lowest BCUT2D eigenvalue weighted by Crippen LogP contribution is -2.50. The van der Waals surface area contributed by atoms with E-state index >= 15 is 0 Å². The van der Waals surface area contributed by atoms with E-state index < -0.39 is 0 Å². The first-order valence-corrected chi connectivity index (χ1v) is 9.20. The molecule has 0 aliphatic carbocycles. The largest absolute Gasteiger partial charge is 0.482 e. The van der Waals surface area contributed by atoms with E-state index in [0.29, 0.717) is 12.3 Å². The van der Waals surface area contributed by atoms with Gasteiger partial charge >= 0.3 is 0 Å². The van der Waals surface area contributed by atoms with Gasteiger partial charge in [0.05, 0.1) is 11.7 Å². The Kier molecular flexibility index (Phi) is 5.89. The highest BCUT2D eigenvalue weighted by Gasteiger charge is 2.28. The normalized spacial score (nSPS) is 18.0. The van der Waals surface area contributed by atoms with Crippen LogP contribution < -0.4 is 4.74 Å². The van der Waals surface area contributed by atoms with Crippen molar-refractivity contribution < 1.29 is 9.53 Å². The fourth-order valence-electron chi connectivity index (χ4n) is 3.35. The minimum Gasteiger partial charge on any atom is -0.482 e. The van der Waals surface area contributed by atoms with E-state index in [1.165, 1.54) is 5.56 Å². The van der Waals surface area contributed by atoms with Crippen LogP contribution in [0.15, 0.2) is 42.5 Å². The molecule has 1 aliphatic rings. The van der Waals surface area contributed by atoms with Crippen LogP contribution in [-0.2, 0) is 11.2 Å². The molecule has 1 aromatic heterocycles. The third kappa shape index (κ3) is 4.22. The SMILES string of the molecule is CCc1nc(C)ccc1OCC(=O)N1CCN(C)C(c2ccccc2)C1. The zero-order valence-corrected chi connectivity index (χ0v) is 15.8. The number of nitrogens with zero attached hydrogens (tertiary/aromatic N) is 3. The van der Waals surface area contributed by atoms with Crippen LogP contribution in [-0.4, -0.2) is 54.0 Å². The summed E-state index contributed by atoms with van der Waals surface area (Å²) in [6.45, 7) is 6.34. The van der Waals surface area contributed by atoms with E-state index in [2.05, 4.69) is 29.1 Å². The monoisotopic (exact) mass is 353 g/mol. The van der Waals surface area contributed by atoms with Gasteiger partial charge in [0.2, 0.25) is 0 Å². The maximum Gasteiger partial charge on any atom is 0.260 e. The van der Waals surface area contributed by atoms with Crippen molar-refractivity contribution in [1.29, 1.82) is 0 Å². The number of hydrogen-bond acceptors (Lipinski definition) is 4. The minimum atomic E-state index is 0.0293. The van der Waals surface area contributed by atoms with Gasteiger partial charge in [0, 0.05) is 25.3 Å². The third-order valence-corrected chi connectivity index (χ3v) is 4.94. The number of rotatable bonds is 5. The quantitative estimate of drug-likeness (QED) is 0.829. The molecule has 0 radical (unpaired) electrons. The number of hydrogen-bond donors (Lipinski definition) is 0. The number of likely N-dealkylation sites (N-methyl/N-ethyl adjacent to an activating group) is 1. The van der Waals surface area contributed by atoms with Crippen LogP contribution in [0.3, 0.4) is 0 Å². The highest BCUT2D eigenvalue weighted by molar-refractivity contribution is 5.78. The number of aryl methyl sites for hydroxylation is 2. The predicted molar refractivity (Wildman–Crippen MR) is 102 cm³/mol. The van der Waals surface area contributed by atoms with Crippen LogP contribution in [0.2, 0.25) is 0 Å². The molecule has 3 rings (SSSR count). The molecule has 1 unspecified atom stereocenters. The zero-order chi connectivity index (χ0) is 18.5. The van der Waals surface area contributed by atoms with Crippen LogP contribution >= 0.6 is 0 Å². The Hall–Kier alpha value is -2.40. The summed E-state index contributed by atoms with van der Waals surface area (Å²) in [5.74, 6) is 0.738. The average Bonchev–Trinajstić information content (AvgIpc) is 2.67. The molecule has 26 heavy (non-hydrogen) atoms. The molecular weight excluding hydrogens is 326 g/mol. The lowest BCUT2D eigenvalue weighted by molar-refractivity contribution is -0.136. The van der Waals surface area contributed by atoms with Crippen molar-refractivity contribution in [3.8, 4) is 5.75 Å². The van der Waals surface area contributed by atoms with Crippen molar-refractivity contribution in [2.24, 2.45) is 0 Å². The number of ether oxygens (including phenoxy) is 1. The molecule has 2 heterocycles. The number of pyridine rings is 1. The second-order valence-electron chi connectivity index (χ2n) is 6.79. The van der Waals surface area contributed by atoms with Crippen LogP contribution in [0, 0.1) is 6.92 Å². The molecule has 1 fully saturated rings. The maximum absolute atomic E-state index is 12.7. The van der Waals surface area contributed by atoms with Gasteiger partial charge in [-0.1, -0.05) is 37.3 Å². The molecule has 1 aromatic carbocycles. The molecule has 5 heteroatoms. The smallest absolute Gasteiger partial charge is 0.260 e. The molecule has 0 saturated carbocycles. The van der Waals surface area contributed by atoms with Gasteiger partial charge in [0.1, 0.15) is 5.75 Å².